The first-order chi connectivity index (χ1) is 18.3. The van der Waals surface area contributed by atoms with Crippen LogP contribution in [0.3, 0.4) is 0 Å². The number of carbonyl (C=O) groups excluding carboxylic acids is 1. The van der Waals surface area contributed by atoms with E-state index in [0.29, 0.717) is 11.3 Å². The van der Waals surface area contributed by atoms with E-state index in [1.165, 1.54) is 12.1 Å². The summed E-state index contributed by atoms with van der Waals surface area (Å²) in [6, 6.07) is 35.1. The smallest absolute Gasteiger partial charge is 0.289 e. The summed E-state index contributed by atoms with van der Waals surface area (Å²) in [6.45, 7) is 7.08. The maximum atomic E-state index is 12.8. The molecule has 5 heteroatoms. The van der Waals surface area contributed by atoms with Crippen molar-refractivity contribution in [3.05, 3.63) is 149 Å². The molecular formula is C33H20F3NO. The van der Waals surface area contributed by atoms with Crippen LogP contribution in [0.2, 0.25) is 0 Å². The van der Waals surface area contributed by atoms with E-state index < -0.39 is 11.7 Å². The Hall–Kier alpha value is -4.95. The van der Waals surface area contributed by atoms with Crippen molar-refractivity contribution in [3.63, 3.8) is 0 Å². The van der Waals surface area contributed by atoms with Crippen molar-refractivity contribution in [1.82, 2.24) is 0 Å². The zero-order chi connectivity index (χ0) is 26.7. The van der Waals surface area contributed by atoms with Gasteiger partial charge in [0.1, 0.15) is 0 Å². The molecule has 0 bridgehead atoms. The average Bonchev–Trinajstić information content (AvgIpc) is 2.97. The van der Waals surface area contributed by atoms with Gasteiger partial charge in [-0.2, -0.15) is 13.2 Å². The fourth-order valence-corrected chi connectivity index (χ4v) is 4.23. The monoisotopic (exact) mass is 503 g/mol. The van der Waals surface area contributed by atoms with Crippen molar-refractivity contribution in [2.75, 3.05) is 0 Å². The Kier molecular flexibility index (Phi) is 6.64. The molecule has 0 aromatic heterocycles. The number of hydrogen-bond donors (Lipinski definition) is 0. The first kappa shape index (κ1) is 24.7. The molecule has 5 rings (SSSR count). The fourth-order valence-electron chi connectivity index (χ4n) is 4.23. The highest BCUT2D eigenvalue weighted by atomic mass is 19.4. The molecule has 0 aliphatic heterocycles. The van der Waals surface area contributed by atoms with Crippen LogP contribution in [0.15, 0.2) is 121 Å². The van der Waals surface area contributed by atoms with Crippen LogP contribution < -0.4 is 0 Å². The first-order valence-corrected chi connectivity index (χ1v) is 11.8. The number of nitrogens with zero attached hydrogens (tertiary/aromatic N) is 1. The minimum Gasteiger partial charge on any atom is -0.289 e. The third-order valence-electron chi connectivity index (χ3n) is 6.39. The van der Waals surface area contributed by atoms with E-state index in [0.717, 1.165) is 45.5 Å². The van der Waals surface area contributed by atoms with E-state index in [9.17, 15) is 18.0 Å². The second kappa shape index (κ2) is 10.2. The van der Waals surface area contributed by atoms with Gasteiger partial charge in [0.15, 0.2) is 11.5 Å². The molecule has 0 N–H and O–H groups in total. The minimum absolute atomic E-state index is 0.210. The summed E-state index contributed by atoms with van der Waals surface area (Å²) in [6.07, 6.45) is -4.44. The number of carbonyl (C=O) groups is 1. The zero-order valence-electron chi connectivity index (χ0n) is 20.0. The Balaban J connectivity index is 1.28. The molecular weight excluding hydrogens is 483 g/mol. The zero-order valence-corrected chi connectivity index (χ0v) is 20.0. The third-order valence-corrected chi connectivity index (χ3v) is 6.39. The van der Waals surface area contributed by atoms with Gasteiger partial charge in [0.05, 0.1) is 12.1 Å². The van der Waals surface area contributed by atoms with Gasteiger partial charge in [-0.1, -0.05) is 109 Å². The molecule has 0 atom stereocenters. The van der Waals surface area contributed by atoms with Gasteiger partial charge in [-0.25, -0.2) is 4.85 Å². The van der Waals surface area contributed by atoms with Gasteiger partial charge in [-0.15, -0.1) is 0 Å². The summed E-state index contributed by atoms with van der Waals surface area (Å²) < 4.78 is 38.3. The van der Waals surface area contributed by atoms with E-state index >= 15 is 0 Å². The highest BCUT2D eigenvalue weighted by Gasteiger charge is 2.30. The number of rotatable bonds is 5. The van der Waals surface area contributed by atoms with Crippen LogP contribution >= 0.6 is 0 Å². The summed E-state index contributed by atoms with van der Waals surface area (Å²) in [5.74, 6) is -0.327. The van der Waals surface area contributed by atoms with Gasteiger partial charge in [0, 0.05) is 11.1 Å². The van der Waals surface area contributed by atoms with Crippen LogP contribution in [0.4, 0.5) is 18.9 Å². The lowest BCUT2D eigenvalue weighted by atomic mass is 9.96. The summed E-state index contributed by atoms with van der Waals surface area (Å²) >= 11 is 0. The molecule has 38 heavy (non-hydrogen) atoms. The molecule has 2 nitrogen and oxygen atoms in total. The molecule has 0 radical (unpaired) electrons. The minimum atomic E-state index is -4.44. The topological polar surface area (TPSA) is 21.4 Å². The van der Waals surface area contributed by atoms with Crippen molar-refractivity contribution in [3.8, 4) is 33.4 Å². The third kappa shape index (κ3) is 5.25. The SMILES string of the molecule is [C-]#[N+]c1ccc(-c2ccc(-c3ccc(-c4ccc(C(=O)c5ccc(C(F)(F)F)cc5)cc4)cc3)cc2)cc1. The molecule has 0 saturated carbocycles. The Morgan fingerprint density at radius 1 is 0.500 bits per heavy atom. The van der Waals surface area contributed by atoms with Crippen LogP contribution in [0, 0.1) is 6.57 Å². The molecule has 0 amide bonds. The van der Waals surface area contributed by atoms with Crippen LogP contribution in [-0.2, 0) is 6.18 Å². The van der Waals surface area contributed by atoms with E-state index in [-0.39, 0.29) is 11.3 Å². The van der Waals surface area contributed by atoms with Gasteiger partial charge in [0.2, 0.25) is 0 Å². The lowest BCUT2D eigenvalue weighted by Gasteiger charge is -2.09. The van der Waals surface area contributed by atoms with Crippen LogP contribution in [0.25, 0.3) is 38.2 Å². The van der Waals surface area contributed by atoms with Crippen LogP contribution in [-0.4, -0.2) is 5.78 Å². The highest BCUT2D eigenvalue weighted by molar-refractivity contribution is 6.09. The predicted molar refractivity (Wildman–Crippen MR) is 144 cm³/mol. The average molecular weight is 504 g/mol. The Morgan fingerprint density at radius 2 is 0.789 bits per heavy atom. The normalized spacial score (nSPS) is 11.1. The lowest BCUT2D eigenvalue weighted by molar-refractivity contribution is -0.137. The molecule has 0 unspecified atom stereocenters. The molecule has 5 aromatic rings. The van der Waals surface area contributed by atoms with E-state index in [2.05, 4.69) is 29.1 Å². The van der Waals surface area contributed by atoms with Gasteiger partial charge < -0.3 is 0 Å². The van der Waals surface area contributed by atoms with Crippen molar-refractivity contribution in [2.45, 2.75) is 6.18 Å². The first-order valence-electron chi connectivity index (χ1n) is 11.8. The van der Waals surface area contributed by atoms with E-state index in [1.54, 1.807) is 12.1 Å². The van der Waals surface area contributed by atoms with E-state index in [1.807, 2.05) is 60.7 Å². The molecule has 184 valence electrons. The van der Waals surface area contributed by atoms with Gasteiger partial charge in [0.25, 0.3) is 0 Å². The molecule has 0 heterocycles. The predicted octanol–water partition coefficient (Wildman–Crippen LogP) is 9.49. The Labute approximate surface area is 218 Å². The molecule has 0 fully saturated rings. The quantitative estimate of drug-likeness (QED) is 0.173. The van der Waals surface area contributed by atoms with Crippen LogP contribution in [0.5, 0.6) is 0 Å². The summed E-state index contributed by atoms with van der Waals surface area (Å²) in [7, 11) is 0. The molecule has 5 aromatic carbocycles. The molecule has 0 aliphatic carbocycles. The Bertz CT molecular complexity index is 1610. The number of hydrogen-bond acceptors (Lipinski definition) is 1. The van der Waals surface area contributed by atoms with Gasteiger partial charge in [-0.05, 0) is 45.5 Å². The fraction of sp³-hybridized carbons (Fsp3) is 0.0303. The van der Waals surface area contributed by atoms with Crippen molar-refractivity contribution in [2.24, 2.45) is 0 Å². The second-order valence-corrected chi connectivity index (χ2v) is 8.79. The highest BCUT2D eigenvalue weighted by Crippen LogP contribution is 2.30. The van der Waals surface area contributed by atoms with Crippen LogP contribution in [0.1, 0.15) is 21.5 Å². The summed E-state index contributed by atoms with van der Waals surface area (Å²) in [4.78, 5) is 16.1. The van der Waals surface area contributed by atoms with Gasteiger partial charge >= 0.3 is 6.18 Å². The summed E-state index contributed by atoms with van der Waals surface area (Å²) in [5, 5.41) is 0. The Morgan fingerprint density at radius 3 is 1.11 bits per heavy atom. The number of halogens is 3. The van der Waals surface area contributed by atoms with Crippen molar-refractivity contribution in [1.29, 1.82) is 0 Å². The van der Waals surface area contributed by atoms with Crippen molar-refractivity contribution >= 4 is 11.5 Å². The standard InChI is InChI=1S/C33H20F3NO/c1-37-31-20-16-27(17-21-31)25-8-6-23(7-9-25)22-2-4-24(5-3-22)26-10-12-28(13-11-26)32(38)29-14-18-30(19-15-29)33(34,35)36/h2-21H. The maximum absolute atomic E-state index is 12.8. The summed E-state index contributed by atoms with van der Waals surface area (Å²) in [5.41, 5.74) is 6.65. The van der Waals surface area contributed by atoms with Crippen molar-refractivity contribution < 1.29 is 18.0 Å². The van der Waals surface area contributed by atoms with E-state index in [4.69, 9.17) is 6.57 Å². The largest absolute Gasteiger partial charge is 0.416 e. The lowest BCUT2D eigenvalue weighted by Crippen LogP contribution is -2.06. The maximum Gasteiger partial charge on any atom is 0.416 e. The second-order valence-electron chi connectivity index (χ2n) is 8.79. The van der Waals surface area contributed by atoms with Gasteiger partial charge in [-0.3, -0.25) is 4.79 Å². The number of benzene rings is 5. The number of ketones is 1. The molecule has 0 spiro atoms. The number of alkyl halides is 3. The molecule has 0 aliphatic rings. The molecule has 0 saturated heterocycles.